The zero-order valence-electron chi connectivity index (χ0n) is 26.4. The minimum atomic E-state index is -5.77. The standard InChI is InChI=1S/C17H13F6N3O.C16H13F4N3O/c1-26-12-7-9(5-6-10(12)15(24)25-26)14-11(18)3-2-4-13(14)27-8-16(19,20)17(21,22)23;1-23-12-7-9(5-6-10(12)15(21)22-23)14-11(17)3-2-4-13(14)24-8-16(18,19)20/h2-7H,8H2,1H3,(H2,24,25);2-7H,8H2,1H3,(H2,21,22). The van der Waals surface area contributed by atoms with Gasteiger partial charge in [0.25, 0.3) is 0 Å². The number of ether oxygens (including phenoxy) is 2. The van der Waals surface area contributed by atoms with Gasteiger partial charge in [-0.1, -0.05) is 24.3 Å². The molecule has 0 bridgehead atoms. The Morgan fingerprint density at radius 2 is 1.02 bits per heavy atom. The van der Waals surface area contributed by atoms with Crippen molar-refractivity contribution < 1.29 is 53.4 Å². The summed E-state index contributed by atoms with van der Waals surface area (Å²) in [6.45, 7) is -3.46. The highest BCUT2D eigenvalue weighted by molar-refractivity contribution is 5.94. The van der Waals surface area contributed by atoms with E-state index in [9.17, 15) is 43.9 Å². The molecule has 2 heterocycles. The molecule has 0 saturated carbocycles. The molecular weight excluding hydrogens is 702 g/mol. The van der Waals surface area contributed by atoms with Crippen molar-refractivity contribution in [2.75, 3.05) is 24.7 Å². The number of nitrogens with two attached hydrogens (primary N) is 2. The van der Waals surface area contributed by atoms with Gasteiger partial charge in [0.15, 0.2) is 24.8 Å². The summed E-state index contributed by atoms with van der Waals surface area (Å²) in [6, 6.07) is 16.4. The van der Waals surface area contributed by atoms with E-state index in [1.165, 1.54) is 33.6 Å². The lowest BCUT2D eigenvalue weighted by atomic mass is 10.0. The second-order valence-corrected chi connectivity index (χ2v) is 11.1. The Bertz CT molecular complexity index is 2210. The van der Waals surface area contributed by atoms with Crippen LogP contribution in [0.5, 0.6) is 11.5 Å². The number of alkyl halides is 8. The van der Waals surface area contributed by atoms with Crippen molar-refractivity contribution in [3.8, 4) is 33.8 Å². The number of rotatable bonds is 7. The van der Waals surface area contributed by atoms with Crippen molar-refractivity contribution in [1.82, 2.24) is 19.6 Å². The smallest absolute Gasteiger partial charge is 0.456 e. The Morgan fingerprint density at radius 1 is 0.608 bits per heavy atom. The molecule has 51 heavy (non-hydrogen) atoms. The highest BCUT2D eigenvalue weighted by Crippen LogP contribution is 2.40. The van der Waals surface area contributed by atoms with Crippen molar-refractivity contribution in [2.24, 2.45) is 14.1 Å². The maximum atomic E-state index is 14.4. The number of halogens is 10. The third-order valence-electron chi connectivity index (χ3n) is 7.50. The van der Waals surface area contributed by atoms with Gasteiger partial charge in [-0.2, -0.15) is 45.3 Å². The molecule has 0 saturated heterocycles. The number of benzene rings is 4. The van der Waals surface area contributed by atoms with Crippen LogP contribution in [0, 0.1) is 11.6 Å². The van der Waals surface area contributed by atoms with Gasteiger partial charge < -0.3 is 20.9 Å². The van der Waals surface area contributed by atoms with E-state index < -0.39 is 48.9 Å². The first kappa shape index (κ1) is 36.6. The summed E-state index contributed by atoms with van der Waals surface area (Å²) in [5.41, 5.74) is 13.0. The summed E-state index contributed by atoms with van der Waals surface area (Å²) in [4.78, 5) is 0. The third kappa shape index (κ3) is 7.73. The fourth-order valence-electron chi connectivity index (χ4n) is 5.10. The normalized spacial score (nSPS) is 12.2. The number of aryl methyl sites for hydroxylation is 2. The highest BCUT2D eigenvalue weighted by Gasteiger charge is 2.58. The molecule has 0 unspecified atom stereocenters. The minimum absolute atomic E-state index is 0.0385. The molecule has 18 heteroatoms. The van der Waals surface area contributed by atoms with Crippen LogP contribution >= 0.6 is 0 Å². The first-order valence-electron chi connectivity index (χ1n) is 14.6. The van der Waals surface area contributed by atoms with Gasteiger partial charge in [-0.15, -0.1) is 0 Å². The van der Waals surface area contributed by atoms with Gasteiger partial charge >= 0.3 is 18.3 Å². The van der Waals surface area contributed by atoms with Crippen LogP contribution in [0.25, 0.3) is 44.1 Å². The minimum Gasteiger partial charge on any atom is -0.486 e. The molecule has 270 valence electrons. The molecule has 0 aliphatic heterocycles. The summed E-state index contributed by atoms with van der Waals surface area (Å²) in [6.07, 6.45) is -10.3. The van der Waals surface area contributed by atoms with Crippen LogP contribution in [0.3, 0.4) is 0 Å². The van der Waals surface area contributed by atoms with E-state index in [0.29, 0.717) is 33.2 Å². The van der Waals surface area contributed by atoms with Crippen LogP contribution in [0.4, 0.5) is 55.5 Å². The molecule has 4 N–H and O–H groups in total. The Labute approximate surface area is 281 Å². The van der Waals surface area contributed by atoms with E-state index in [4.69, 9.17) is 16.2 Å². The average molecular weight is 729 g/mol. The van der Waals surface area contributed by atoms with Crippen molar-refractivity contribution in [3.63, 3.8) is 0 Å². The number of fused-ring (bicyclic) bond motifs is 2. The maximum Gasteiger partial charge on any atom is 0.456 e. The lowest BCUT2D eigenvalue weighted by Crippen LogP contribution is -2.41. The number of anilines is 2. The van der Waals surface area contributed by atoms with Gasteiger partial charge in [-0.05, 0) is 59.7 Å². The fraction of sp³-hybridized carbons (Fsp3) is 0.212. The maximum absolute atomic E-state index is 14.4. The molecule has 8 nitrogen and oxygen atoms in total. The quantitative estimate of drug-likeness (QED) is 0.160. The summed E-state index contributed by atoms with van der Waals surface area (Å²) in [7, 11) is 3.27. The molecule has 6 rings (SSSR count). The largest absolute Gasteiger partial charge is 0.486 e. The Balaban J connectivity index is 0.000000199. The molecular formula is C33H26F10N6O2. The van der Waals surface area contributed by atoms with Crippen LogP contribution in [0.15, 0.2) is 72.8 Å². The molecule has 2 aromatic heterocycles. The number of hydrogen-bond acceptors (Lipinski definition) is 6. The first-order chi connectivity index (χ1) is 23.8. The van der Waals surface area contributed by atoms with Crippen molar-refractivity contribution in [3.05, 3.63) is 84.4 Å². The molecule has 0 aliphatic rings. The van der Waals surface area contributed by atoms with Gasteiger partial charge in [0, 0.05) is 24.9 Å². The van der Waals surface area contributed by atoms with E-state index in [1.807, 2.05) is 0 Å². The second kappa shape index (κ2) is 13.6. The SMILES string of the molecule is Cn1nc(N)c2ccc(-c3c(F)cccc3OCC(F)(F)C(F)(F)F)cc21.Cn1nc(N)c2ccc(-c3c(F)cccc3OCC(F)(F)F)cc21. The molecule has 4 aromatic carbocycles. The Morgan fingerprint density at radius 3 is 1.41 bits per heavy atom. The summed E-state index contributed by atoms with van der Waals surface area (Å²) >= 11 is 0. The number of hydrogen-bond donors (Lipinski definition) is 2. The van der Waals surface area contributed by atoms with E-state index in [-0.39, 0.29) is 28.3 Å². The van der Waals surface area contributed by atoms with Gasteiger partial charge in [-0.25, -0.2) is 8.78 Å². The lowest BCUT2D eigenvalue weighted by Gasteiger charge is -2.21. The van der Waals surface area contributed by atoms with Crippen LogP contribution < -0.4 is 20.9 Å². The molecule has 0 atom stereocenters. The summed E-state index contributed by atoms with van der Waals surface area (Å²) in [5, 5.41) is 9.33. The molecule has 0 fully saturated rings. The first-order valence-corrected chi connectivity index (χ1v) is 14.6. The van der Waals surface area contributed by atoms with Crippen LogP contribution in [0.2, 0.25) is 0 Å². The van der Waals surface area contributed by atoms with E-state index in [2.05, 4.69) is 14.9 Å². The third-order valence-corrected chi connectivity index (χ3v) is 7.50. The second-order valence-electron chi connectivity index (χ2n) is 11.1. The van der Waals surface area contributed by atoms with Crippen molar-refractivity contribution in [1.29, 1.82) is 0 Å². The molecule has 6 aromatic rings. The Hall–Kier alpha value is -5.68. The molecule has 0 amide bonds. The van der Waals surface area contributed by atoms with E-state index >= 15 is 0 Å². The average Bonchev–Trinajstić information content (AvgIpc) is 3.50. The predicted molar refractivity (Wildman–Crippen MR) is 169 cm³/mol. The number of nitrogens with zero attached hydrogens (tertiary/aromatic N) is 4. The van der Waals surface area contributed by atoms with Crippen LogP contribution in [-0.2, 0) is 14.1 Å². The number of nitrogen functional groups attached to an aromatic ring is 2. The number of aromatic nitrogens is 4. The molecule has 0 radical (unpaired) electrons. The van der Waals surface area contributed by atoms with Crippen molar-refractivity contribution in [2.45, 2.75) is 18.3 Å². The summed E-state index contributed by atoms with van der Waals surface area (Å²) in [5.74, 6) is -6.64. The molecule has 0 spiro atoms. The van der Waals surface area contributed by atoms with E-state index in [1.54, 1.807) is 38.4 Å². The van der Waals surface area contributed by atoms with E-state index in [0.717, 1.165) is 24.3 Å². The fourth-order valence-corrected chi connectivity index (χ4v) is 5.10. The predicted octanol–water partition coefficient (Wildman–Crippen LogP) is 8.44. The van der Waals surface area contributed by atoms with Gasteiger partial charge in [0.05, 0.1) is 22.2 Å². The zero-order valence-corrected chi connectivity index (χ0v) is 26.4. The Kier molecular flexibility index (Phi) is 9.73. The van der Waals surface area contributed by atoms with Crippen LogP contribution in [-0.4, -0.2) is 51.0 Å². The van der Waals surface area contributed by atoms with Gasteiger partial charge in [0.1, 0.15) is 23.1 Å². The monoisotopic (exact) mass is 728 g/mol. The summed E-state index contributed by atoms with van der Waals surface area (Å²) < 4.78 is 141. The van der Waals surface area contributed by atoms with Crippen molar-refractivity contribution >= 4 is 33.4 Å². The van der Waals surface area contributed by atoms with Gasteiger partial charge in [-0.3, -0.25) is 9.36 Å². The van der Waals surface area contributed by atoms with Crippen LogP contribution in [0.1, 0.15) is 0 Å². The van der Waals surface area contributed by atoms with Gasteiger partial charge in [0.2, 0.25) is 0 Å². The highest BCUT2D eigenvalue weighted by atomic mass is 19.4. The lowest BCUT2D eigenvalue weighted by molar-refractivity contribution is -0.289. The molecule has 0 aliphatic carbocycles. The zero-order chi connectivity index (χ0) is 37.5. The topological polar surface area (TPSA) is 106 Å².